The van der Waals surface area contributed by atoms with Crippen LogP contribution in [-0.4, -0.2) is 45.9 Å². The van der Waals surface area contributed by atoms with Crippen LogP contribution < -0.4 is 34.7 Å². The van der Waals surface area contributed by atoms with Gasteiger partial charge in [-0.1, -0.05) is 20.8 Å². The van der Waals surface area contributed by atoms with Crippen molar-refractivity contribution < 1.29 is 59.5 Å². The molecular weight excluding hydrogens is 239 g/mol. The first-order valence-electron chi connectivity index (χ1n) is 5.06. The second-order valence-electron chi connectivity index (χ2n) is 5.14. The fourth-order valence-corrected chi connectivity index (χ4v) is 2.04. The molecule has 3 N–H and O–H groups in total. The Kier molecular flexibility index (Phi) is 6.08. The van der Waals surface area contributed by atoms with Crippen LogP contribution in [0, 0.1) is 11.3 Å². The predicted octanol–water partition coefficient (Wildman–Crippen LogP) is -5.16. The molecule has 17 heavy (non-hydrogen) atoms. The second-order valence-corrected chi connectivity index (χ2v) is 5.14. The summed E-state index contributed by atoms with van der Waals surface area (Å²) >= 11 is 0. The van der Waals surface area contributed by atoms with E-state index in [0.29, 0.717) is 0 Å². The Balaban J connectivity index is 0.00000256. The van der Waals surface area contributed by atoms with E-state index < -0.39 is 41.9 Å². The van der Waals surface area contributed by atoms with Gasteiger partial charge in [0.2, 0.25) is 0 Å². The van der Waals surface area contributed by atoms with Gasteiger partial charge in [0.1, 0.15) is 12.2 Å². The van der Waals surface area contributed by atoms with Crippen LogP contribution in [0.25, 0.3) is 0 Å². The van der Waals surface area contributed by atoms with Crippen molar-refractivity contribution in [3.05, 3.63) is 0 Å². The number of aliphatic carboxylic acids is 1. The smallest absolute Gasteiger partial charge is 0.547 e. The fourth-order valence-electron chi connectivity index (χ4n) is 2.04. The molecule has 1 aliphatic heterocycles. The van der Waals surface area contributed by atoms with Crippen LogP contribution in [0.1, 0.15) is 20.8 Å². The molecule has 2 unspecified atom stereocenters. The van der Waals surface area contributed by atoms with Crippen molar-refractivity contribution in [2.75, 3.05) is 0 Å². The Morgan fingerprint density at radius 3 is 2.00 bits per heavy atom. The third-order valence-corrected chi connectivity index (χ3v) is 2.85. The molecule has 0 aromatic heterocycles. The van der Waals surface area contributed by atoms with Gasteiger partial charge in [-0.2, -0.15) is 0 Å². The maximum absolute atomic E-state index is 10.9. The molecule has 1 aliphatic rings. The summed E-state index contributed by atoms with van der Waals surface area (Å²) in [6.45, 7) is 5.14. The molecule has 1 saturated heterocycles. The van der Waals surface area contributed by atoms with Crippen molar-refractivity contribution >= 4 is 5.97 Å². The Labute approximate surface area is 122 Å². The topological polar surface area (TPSA) is 110 Å². The molecule has 0 aliphatic carbocycles. The van der Waals surface area contributed by atoms with Crippen LogP contribution >= 0.6 is 0 Å². The van der Waals surface area contributed by atoms with Gasteiger partial charge in [-0.25, -0.2) is 0 Å². The number of carbonyl (C=O) groups is 1. The Bertz CT molecular complexity index is 276. The SMILES string of the molecule is CC(C)(C)[C@H]1C(C(=O)[O-])O[C@@H](O)[C@@H](O)C1O.[Na+]. The third kappa shape index (κ3) is 3.64. The molecule has 1 rings (SSSR count). The molecule has 0 spiro atoms. The van der Waals surface area contributed by atoms with Crippen molar-refractivity contribution in [2.24, 2.45) is 11.3 Å². The van der Waals surface area contributed by atoms with Gasteiger partial charge in [-0.15, -0.1) is 0 Å². The maximum atomic E-state index is 10.9. The summed E-state index contributed by atoms with van der Waals surface area (Å²) in [5, 5.41) is 39.3. The first kappa shape index (κ1) is 17.3. The predicted molar refractivity (Wildman–Crippen MR) is 50.8 cm³/mol. The molecule has 0 aromatic rings. The Morgan fingerprint density at radius 1 is 1.18 bits per heavy atom. The number of hydrogen-bond donors (Lipinski definition) is 3. The summed E-state index contributed by atoms with van der Waals surface area (Å²) in [4.78, 5) is 10.9. The van der Waals surface area contributed by atoms with Crippen LogP contribution in [-0.2, 0) is 9.53 Å². The van der Waals surface area contributed by atoms with E-state index in [2.05, 4.69) is 0 Å². The van der Waals surface area contributed by atoms with Crippen LogP contribution in [0.4, 0.5) is 0 Å². The van der Waals surface area contributed by atoms with E-state index in [9.17, 15) is 25.2 Å². The number of carboxylic acid groups (broad SMARTS) is 1. The molecule has 0 aromatic carbocycles. The minimum Gasteiger partial charge on any atom is -0.547 e. The number of hydrogen-bond acceptors (Lipinski definition) is 6. The van der Waals surface area contributed by atoms with Crippen LogP contribution in [0.15, 0.2) is 0 Å². The number of ether oxygens (including phenoxy) is 1. The average Bonchev–Trinajstić information content (AvgIpc) is 2.10. The zero-order chi connectivity index (χ0) is 12.7. The van der Waals surface area contributed by atoms with Crippen molar-refractivity contribution in [1.29, 1.82) is 0 Å². The number of aliphatic hydroxyl groups excluding tert-OH is 3. The van der Waals surface area contributed by atoms with Gasteiger partial charge in [0.25, 0.3) is 0 Å². The summed E-state index contributed by atoms with van der Waals surface area (Å²) in [5.74, 6) is -2.36. The van der Waals surface area contributed by atoms with E-state index in [0.717, 1.165) is 0 Å². The van der Waals surface area contributed by atoms with E-state index in [-0.39, 0.29) is 29.6 Å². The van der Waals surface area contributed by atoms with Gasteiger partial charge >= 0.3 is 29.6 Å². The molecule has 0 radical (unpaired) electrons. The van der Waals surface area contributed by atoms with Gasteiger partial charge in [-0.05, 0) is 5.41 Å². The number of carboxylic acids is 1. The standard InChI is InChI=1S/C10H18O6.Na/c1-10(2,3)4-5(11)6(12)9(15)16-7(4)8(13)14;/h4-7,9,11-12,15H,1-3H3,(H,13,14);/q;+1/p-1/t4-,5?,6+,7?,9-;/m1./s1. The van der Waals surface area contributed by atoms with E-state index >= 15 is 0 Å². The van der Waals surface area contributed by atoms with E-state index in [1.165, 1.54) is 0 Å². The monoisotopic (exact) mass is 256 g/mol. The normalized spacial score (nSPS) is 38.4. The van der Waals surface area contributed by atoms with Crippen molar-refractivity contribution in [2.45, 2.75) is 45.4 Å². The molecule has 1 fully saturated rings. The molecule has 6 nitrogen and oxygen atoms in total. The van der Waals surface area contributed by atoms with Crippen molar-refractivity contribution in [3.8, 4) is 0 Å². The summed E-state index contributed by atoms with van der Waals surface area (Å²) in [6.07, 6.45) is -6.03. The molecule has 1 heterocycles. The van der Waals surface area contributed by atoms with Crippen LogP contribution in [0.2, 0.25) is 0 Å². The number of carbonyl (C=O) groups excluding carboxylic acids is 1. The van der Waals surface area contributed by atoms with E-state index in [1.54, 1.807) is 20.8 Å². The van der Waals surface area contributed by atoms with E-state index in [1.807, 2.05) is 0 Å². The largest absolute Gasteiger partial charge is 1.00 e. The quantitative estimate of drug-likeness (QED) is 0.405. The van der Waals surface area contributed by atoms with Crippen molar-refractivity contribution in [3.63, 3.8) is 0 Å². The molecular formula is C10H17NaO6. The zero-order valence-corrected chi connectivity index (χ0v) is 12.5. The van der Waals surface area contributed by atoms with Gasteiger partial charge in [-0.3, -0.25) is 0 Å². The number of aliphatic hydroxyl groups is 3. The van der Waals surface area contributed by atoms with Gasteiger partial charge in [0.15, 0.2) is 6.29 Å². The second kappa shape index (κ2) is 5.97. The van der Waals surface area contributed by atoms with Gasteiger partial charge < -0.3 is 30.0 Å². The fraction of sp³-hybridized carbons (Fsp3) is 0.900. The third-order valence-electron chi connectivity index (χ3n) is 2.85. The minimum absolute atomic E-state index is 0. The Hall–Kier alpha value is 0.310. The molecule has 5 atom stereocenters. The summed E-state index contributed by atoms with van der Waals surface area (Å²) < 4.78 is 4.75. The maximum Gasteiger partial charge on any atom is 1.00 e. The average molecular weight is 256 g/mol. The number of rotatable bonds is 1. The van der Waals surface area contributed by atoms with Crippen LogP contribution in [0.5, 0.6) is 0 Å². The minimum atomic E-state index is -1.71. The molecule has 94 valence electrons. The molecule has 0 saturated carbocycles. The van der Waals surface area contributed by atoms with Gasteiger partial charge in [0, 0.05) is 5.92 Å². The summed E-state index contributed by atoms with van der Waals surface area (Å²) in [7, 11) is 0. The summed E-state index contributed by atoms with van der Waals surface area (Å²) in [6, 6.07) is 0. The van der Waals surface area contributed by atoms with Gasteiger partial charge in [0.05, 0.1) is 12.1 Å². The molecule has 7 heteroatoms. The summed E-state index contributed by atoms with van der Waals surface area (Å²) in [5.41, 5.74) is -0.606. The van der Waals surface area contributed by atoms with Crippen molar-refractivity contribution in [1.82, 2.24) is 0 Å². The first-order chi connectivity index (χ1) is 7.16. The molecule has 0 bridgehead atoms. The zero-order valence-electron chi connectivity index (χ0n) is 10.5. The Morgan fingerprint density at radius 2 is 1.65 bits per heavy atom. The molecule has 0 amide bonds. The van der Waals surface area contributed by atoms with E-state index in [4.69, 9.17) is 4.74 Å². The first-order valence-corrected chi connectivity index (χ1v) is 5.06. The van der Waals surface area contributed by atoms with Crippen LogP contribution in [0.3, 0.4) is 0 Å².